The van der Waals surface area contributed by atoms with E-state index < -0.39 is 27.1 Å². The fraction of sp³-hybridized carbons (Fsp3) is 0.0625. The molecule has 0 atom stereocenters. The highest BCUT2D eigenvalue weighted by atomic mass is 16.6. The van der Waals surface area contributed by atoms with Gasteiger partial charge in [0.2, 0.25) is 5.91 Å². The van der Waals surface area contributed by atoms with E-state index in [9.17, 15) is 25.0 Å². The smallest absolute Gasteiger partial charge is 0.299 e. The Bertz CT molecular complexity index is 828. The quantitative estimate of drug-likeness (QED) is 0.513. The molecule has 0 radical (unpaired) electrons. The normalized spacial score (nSPS) is 10.5. The lowest BCUT2D eigenvalue weighted by molar-refractivity contribution is -0.393. The number of carbonyl (C=O) groups is 1. The number of nitro benzene ring substituents is 2. The van der Waals surface area contributed by atoms with E-state index in [1.54, 1.807) is 6.08 Å². The maximum absolute atomic E-state index is 11.9. The second-order valence-electron chi connectivity index (χ2n) is 4.95. The largest absolute Gasteiger partial charge is 0.317 e. The van der Waals surface area contributed by atoms with E-state index in [1.165, 1.54) is 6.08 Å². The molecule has 0 saturated carbocycles. The number of nitro groups is 2. The molecule has 1 N–H and O–H groups in total. The van der Waals surface area contributed by atoms with Crippen LogP contribution in [0.3, 0.4) is 0 Å². The first-order valence-corrected chi connectivity index (χ1v) is 6.85. The monoisotopic (exact) mass is 327 g/mol. The molecule has 0 spiro atoms. The predicted octanol–water partition coefficient (Wildman–Crippen LogP) is 3.46. The summed E-state index contributed by atoms with van der Waals surface area (Å²) in [6.45, 7) is 1.94. The number of anilines is 1. The topological polar surface area (TPSA) is 115 Å². The van der Waals surface area contributed by atoms with Crippen LogP contribution in [0.4, 0.5) is 17.1 Å². The molecule has 2 aromatic rings. The number of aryl methyl sites for hydroxylation is 1. The van der Waals surface area contributed by atoms with Crippen LogP contribution < -0.4 is 5.32 Å². The Morgan fingerprint density at radius 1 is 1.04 bits per heavy atom. The van der Waals surface area contributed by atoms with E-state index in [2.05, 4.69) is 5.32 Å². The van der Waals surface area contributed by atoms with Crippen LogP contribution >= 0.6 is 0 Å². The molecule has 8 nitrogen and oxygen atoms in total. The number of carbonyl (C=O) groups excluding carboxylic acids is 1. The summed E-state index contributed by atoms with van der Waals surface area (Å²) in [7, 11) is 0. The third kappa shape index (κ3) is 4.23. The zero-order chi connectivity index (χ0) is 17.7. The second kappa shape index (κ2) is 7.14. The third-order valence-corrected chi connectivity index (χ3v) is 3.15. The van der Waals surface area contributed by atoms with E-state index in [4.69, 9.17) is 0 Å². The minimum absolute atomic E-state index is 0.107. The third-order valence-electron chi connectivity index (χ3n) is 3.15. The molecule has 0 aliphatic rings. The first kappa shape index (κ1) is 16.8. The van der Waals surface area contributed by atoms with Gasteiger partial charge in [0.15, 0.2) is 0 Å². The van der Waals surface area contributed by atoms with Gasteiger partial charge in [0.05, 0.1) is 15.9 Å². The molecule has 24 heavy (non-hydrogen) atoms. The van der Waals surface area contributed by atoms with E-state index >= 15 is 0 Å². The first-order chi connectivity index (χ1) is 11.4. The van der Waals surface area contributed by atoms with Gasteiger partial charge in [-0.3, -0.25) is 25.0 Å². The lowest BCUT2D eigenvalue weighted by atomic mass is 10.1. The van der Waals surface area contributed by atoms with E-state index in [-0.39, 0.29) is 5.69 Å². The molecule has 0 heterocycles. The number of amides is 1. The Balaban J connectivity index is 2.17. The molecule has 8 heteroatoms. The Labute approximate surface area is 136 Å². The van der Waals surface area contributed by atoms with Gasteiger partial charge in [-0.2, -0.15) is 0 Å². The van der Waals surface area contributed by atoms with Gasteiger partial charge in [-0.05, 0) is 24.6 Å². The van der Waals surface area contributed by atoms with Crippen molar-refractivity contribution in [2.24, 2.45) is 0 Å². The highest BCUT2D eigenvalue weighted by molar-refractivity contribution is 6.03. The van der Waals surface area contributed by atoms with Gasteiger partial charge < -0.3 is 5.32 Å². The summed E-state index contributed by atoms with van der Waals surface area (Å²) in [5, 5.41) is 24.0. The highest BCUT2D eigenvalue weighted by Gasteiger charge is 2.20. The second-order valence-corrected chi connectivity index (χ2v) is 4.95. The van der Waals surface area contributed by atoms with Crippen LogP contribution in [0.15, 0.2) is 48.5 Å². The number of nitrogens with zero attached hydrogens (tertiary/aromatic N) is 2. The fourth-order valence-electron chi connectivity index (χ4n) is 1.91. The summed E-state index contributed by atoms with van der Waals surface area (Å²) in [6, 6.07) is 10.5. The van der Waals surface area contributed by atoms with Crippen LogP contribution in [0.25, 0.3) is 6.08 Å². The molecular formula is C16H13N3O5. The van der Waals surface area contributed by atoms with Crippen molar-refractivity contribution in [2.45, 2.75) is 6.92 Å². The van der Waals surface area contributed by atoms with E-state index in [1.807, 2.05) is 31.2 Å². The number of non-ortho nitro benzene ring substituents is 1. The standard InChI is InChI=1S/C16H13N3O5/c1-11-2-4-12(5-3-11)6-9-16(20)17-14-8-7-13(18(21)22)10-15(14)19(23)24/h2-10H,1H3,(H,17,20)/b9-6+. The minimum atomic E-state index is -0.785. The van der Waals surface area contributed by atoms with Crippen molar-refractivity contribution in [1.29, 1.82) is 0 Å². The average Bonchev–Trinajstić information content (AvgIpc) is 2.54. The molecule has 2 rings (SSSR count). The average molecular weight is 327 g/mol. The Kier molecular flexibility index (Phi) is 5.00. The molecule has 0 aliphatic heterocycles. The molecule has 1 amide bonds. The van der Waals surface area contributed by atoms with Gasteiger partial charge in [-0.15, -0.1) is 0 Å². The van der Waals surface area contributed by atoms with Gasteiger partial charge in [0.25, 0.3) is 11.4 Å². The van der Waals surface area contributed by atoms with Gasteiger partial charge in [-0.25, -0.2) is 0 Å². The Morgan fingerprint density at radius 3 is 2.29 bits per heavy atom. The predicted molar refractivity (Wildman–Crippen MR) is 88.6 cm³/mol. The van der Waals surface area contributed by atoms with Crippen LogP contribution in [-0.2, 0) is 4.79 Å². The summed E-state index contributed by atoms with van der Waals surface area (Å²) in [5.41, 5.74) is 0.812. The highest BCUT2D eigenvalue weighted by Crippen LogP contribution is 2.28. The van der Waals surface area contributed by atoms with E-state index in [0.29, 0.717) is 0 Å². The molecule has 2 aromatic carbocycles. The molecule has 0 aromatic heterocycles. The van der Waals surface area contributed by atoms with E-state index in [0.717, 1.165) is 29.3 Å². The zero-order valence-electron chi connectivity index (χ0n) is 12.6. The number of nitrogens with one attached hydrogen (secondary N) is 1. The van der Waals surface area contributed by atoms with Crippen molar-refractivity contribution in [2.75, 3.05) is 5.32 Å². The maximum atomic E-state index is 11.9. The van der Waals surface area contributed by atoms with Crippen molar-refractivity contribution in [1.82, 2.24) is 0 Å². The molecule has 0 fully saturated rings. The number of benzene rings is 2. The molecule has 0 aliphatic carbocycles. The van der Waals surface area contributed by atoms with Crippen molar-refractivity contribution in [3.63, 3.8) is 0 Å². The summed E-state index contributed by atoms with van der Waals surface area (Å²) >= 11 is 0. The van der Waals surface area contributed by atoms with Gasteiger partial charge in [-0.1, -0.05) is 29.8 Å². The number of rotatable bonds is 5. The summed E-state index contributed by atoms with van der Waals surface area (Å²) in [5.74, 6) is -0.576. The van der Waals surface area contributed by atoms with Crippen molar-refractivity contribution in [3.05, 3.63) is 79.9 Å². The summed E-state index contributed by atoms with van der Waals surface area (Å²) in [4.78, 5) is 32.0. The van der Waals surface area contributed by atoms with Crippen molar-refractivity contribution < 1.29 is 14.6 Å². The summed E-state index contributed by atoms with van der Waals surface area (Å²) in [6.07, 6.45) is 2.79. The number of hydrogen-bond donors (Lipinski definition) is 1. The fourth-order valence-corrected chi connectivity index (χ4v) is 1.91. The van der Waals surface area contributed by atoms with Gasteiger partial charge in [0, 0.05) is 12.1 Å². The molecule has 0 saturated heterocycles. The summed E-state index contributed by atoms with van der Waals surface area (Å²) < 4.78 is 0. The van der Waals surface area contributed by atoms with Crippen molar-refractivity contribution in [3.8, 4) is 0 Å². The van der Waals surface area contributed by atoms with Gasteiger partial charge >= 0.3 is 0 Å². The lowest BCUT2D eigenvalue weighted by Gasteiger charge is -2.03. The molecule has 122 valence electrons. The van der Waals surface area contributed by atoms with Crippen LogP contribution in [0.5, 0.6) is 0 Å². The minimum Gasteiger partial charge on any atom is -0.317 e. The van der Waals surface area contributed by atoms with Crippen LogP contribution in [0.1, 0.15) is 11.1 Å². The Hall–Kier alpha value is -3.55. The Morgan fingerprint density at radius 2 is 1.71 bits per heavy atom. The van der Waals surface area contributed by atoms with Crippen LogP contribution in [0.2, 0.25) is 0 Å². The van der Waals surface area contributed by atoms with Crippen molar-refractivity contribution >= 4 is 29.0 Å². The first-order valence-electron chi connectivity index (χ1n) is 6.85. The molecule has 0 unspecified atom stereocenters. The van der Waals surface area contributed by atoms with Crippen LogP contribution in [-0.4, -0.2) is 15.8 Å². The number of hydrogen-bond acceptors (Lipinski definition) is 5. The zero-order valence-corrected chi connectivity index (χ0v) is 12.6. The molecular weight excluding hydrogens is 314 g/mol. The lowest BCUT2D eigenvalue weighted by Crippen LogP contribution is -2.09. The van der Waals surface area contributed by atoms with Crippen LogP contribution in [0, 0.1) is 27.2 Å². The van der Waals surface area contributed by atoms with Gasteiger partial charge in [0.1, 0.15) is 5.69 Å². The maximum Gasteiger partial charge on any atom is 0.299 e. The molecule has 0 bridgehead atoms. The SMILES string of the molecule is Cc1ccc(/C=C/C(=O)Nc2ccc([N+](=O)[O-])cc2[N+](=O)[O-])cc1.